The monoisotopic (exact) mass is 499 g/mol. The van der Waals surface area contributed by atoms with Crippen molar-refractivity contribution in [2.75, 3.05) is 25.6 Å². The minimum absolute atomic E-state index is 0.0103. The van der Waals surface area contributed by atoms with Gasteiger partial charge in [-0.05, 0) is 38.7 Å². The summed E-state index contributed by atoms with van der Waals surface area (Å²) in [5.41, 5.74) is 3.70. The average Bonchev–Trinajstić information content (AvgIpc) is 3.23. The van der Waals surface area contributed by atoms with E-state index in [1.165, 1.54) is 13.2 Å². The Balaban J connectivity index is 1.56. The van der Waals surface area contributed by atoms with Gasteiger partial charge < -0.3 is 14.1 Å². The minimum atomic E-state index is -0.717. The maximum Gasteiger partial charge on any atom is 0.308 e. The molecule has 13 heteroatoms. The molecule has 0 unspecified atom stereocenters. The molecule has 0 radical (unpaired) electrons. The fraction of sp³-hybridized carbons (Fsp3) is 0.435. The van der Waals surface area contributed by atoms with Gasteiger partial charge in [0.05, 0.1) is 34.7 Å². The molecular formula is C23H25N5O8. The highest BCUT2D eigenvalue weighted by molar-refractivity contribution is 6.06. The first-order chi connectivity index (χ1) is 17.2. The molecular weight excluding hydrogens is 474 g/mol. The molecule has 1 saturated heterocycles. The number of furan rings is 1. The van der Waals surface area contributed by atoms with Crippen molar-refractivity contribution in [3.8, 4) is 0 Å². The van der Waals surface area contributed by atoms with Gasteiger partial charge in [-0.25, -0.2) is 0 Å². The first kappa shape index (κ1) is 24.8. The van der Waals surface area contributed by atoms with Gasteiger partial charge in [-0.3, -0.25) is 35.2 Å². The Labute approximate surface area is 205 Å². The van der Waals surface area contributed by atoms with Gasteiger partial charge in [-0.2, -0.15) is 5.10 Å². The number of nitrogens with zero attached hydrogens (tertiary/aromatic N) is 4. The molecule has 1 fully saturated rings. The number of carbonyl (C=O) groups excluding carboxylic acids is 2. The summed E-state index contributed by atoms with van der Waals surface area (Å²) in [5.74, 6) is 0.0767. The van der Waals surface area contributed by atoms with Gasteiger partial charge in [0.1, 0.15) is 11.4 Å². The Bertz CT molecular complexity index is 1260. The van der Waals surface area contributed by atoms with E-state index in [1.54, 1.807) is 11.8 Å². The third-order valence-electron chi connectivity index (χ3n) is 6.54. The van der Waals surface area contributed by atoms with Crippen molar-refractivity contribution in [1.82, 2.24) is 4.90 Å². The Morgan fingerprint density at radius 3 is 2.53 bits per heavy atom. The predicted octanol–water partition coefficient (Wildman–Crippen LogP) is 3.58. The van der Waals surface area contributed by atoms with Crippen LogP contribution in [0.1, 0.15) is 53.1 Å². The zero-order chi connectivity index (χ0) is 26.0. The Morgan fingerprint density at radius 2 is 1.89 bits per heavy atom. The number of ether oxygens (including phenoxy) is 1. The summed E-state index contributed by atoms with van der Waals surface area (Å²) in [7, 11) is 1.35. The molecule has 36 heavy (non-hydrogen) atoms. The van der Waals surface area contributed by atoms with Crippen LogP contribution in [0.5, 0.6) is 0 Å². The number of hydrogen-bond acceptors (Lipinski definition) is 10. The number of anilines is 1. The molecule has 2 aromatic rings. The molecule has 1 aromatic heterocycles. The molecule has 4 rings (SSSR count). The average molecular weight is 499 g/mol. The van der Waals surface area contributed by atoms with Crippen molar-refractivity contribution in [3.05, 3.63) is 61.1 Å². The number of hydrogen-bond donors (Lipinski definition) is 1. The summed E-state index contributed by atoms with van der Waals surface area (Å²) >= 11 is 0. The van der Waals surface area contributed by atoms with Crippen LogP contribution in [0.4, 0.5) is 17.1 Å². The second-order valence-electron chi connectivity index (χ2n) is 8.68. The predicted molar refractivity (Wildman–Crippen MR) is 127 cm³/mol. The number of hydrazone groups is 1. The Hall–Kier alpha value is -4.29. The maximum atomic E-state index is 13.2. The third-order valence-corrected chi connectivity index (χ3v) is 6.54. The molecule has 1 N–H and O–H groups in total. The molecule has 1 aromatic carbocycles. The third kappa shape index (κ3) is 4.76. The van der Waals surface area contributed by atoms with E-state index in [0.717, 1.165) is 12.1 Å². The number of likely N-dealkylation sites (tertiary alicyclic amines) is 1. The second-order valence-corrected chi connectivity index (χ2v) is 8.68. The van der Waals surface area contributed by atoms with Crippen LogP contribution in [0.3, 0.4) is 0 Å². The van der Waals surface area contributed by atoms with Crippen LogP contribution in [0.2, 0.25) is 0 Å². The molecule has 1 aliphatic carbocycles. The second kappa shape index (κ2) is 10.1. The Kier molecular flexibility index (Phi) is 6.99. The SMILES string of the molecule is COC(=O)C1CCN(C(=O)c2oc3c(c2C)/C(=N/Nc2ccc([N+](=O)[O-])cc2[N+](=O)[O-])CCC3)CC1. The number of nitrogens with one attached hydrogen (secondary N) is 1. The van der Waals surface area contributed by atoms with Crippen molar-refractivity contribution >= 4 is 34.7 Å². The standard InChI is InChI=1S/C23H25N5O8/c1-13-20-17(25-24-16-7-6-15(27(31)32)12-18(16)28(33)34)4-3-5-19(20)36-21(13)22(29)26-10-8-14(9-11-26)23(30)35-2/h6-7,12,14,24H,3-5,8-11H2,1-2H3/b25-17+. The lowest BCUT2D eigenvalue weighted by Crippen LogP contribution is -2.40. The van der Waals surface area contributed by atoms with Crippen LogP contribution >= 0.6 is 0 Å². The first-order valence-electron chi connectivity index (χ1n) is 11.5. The lowest BCUT2D eigenvalue weighted by atomic mass is 9.93. The van der Waals surface area contributed by atoms with E-state index in [1.807, 2.05) is 0 Å². The molecule has 0 bridgehead atoms. The van der Waals surface area contributed by atoms with E-state index in [4.69, 9.17) is 9.15 Å². The van der Waals surface area contributed by atoms with Crippen molar-refractivity contribution in [2.45, 2.75) is 39.0 Å². The lowest BCUT2D eigenvalue weighted by molar-refractivity contribution is -0.393. The van der Waals surface area contributed by atoms with Gasteiger partial charge in [0, 0.05) is 36.7 Å². The lowest BCUT2D eigenvalue weighted by Gasteiger charge is -2.30. The highest BCUT2D eigenvalue weighted by atomic mass is 16.6. The fourth-order valence-corrected chi connectivity index (χ4v) is 4.62. The highest BCUT2D eigenvalue weighted by Gasteiger charge is 2.33. The fourth-order valence-electron chi connectivity index (χ4n) is 4.62. The van der Waals surface area contributed by atoms with Gasteiger partial charge in [0.2, 0.25) is 0 Å². The van der Waals surface area contributed by atoms with Crippen molar-refractivity contribution < 1.29 is 28.6 Å². The summed E-state index contributed by atoms with van der Waals surface area (Å²) < 4.78 is 10.8. The molecule has 0 atom stereocenters. The number of benzene rings is 1. The number of rotatable bonds is 6. The number of esters is 1. The Morgan fingerprint density at radius 1 is 1.17 bits per heavy atom. The molecule has 13 nitrogen and oxygen atoms in total. The highest BCUT2D eigenvalue weighted by Crippen LogP contribution is 2.33. The van der Waals surface area contributed by atoms with Crippen molar-refractivity contribution in [3.63, 3.8) is 0 Å². The zero-order valence-electron chi connectivity index (χ0n) is 19.8. The summed E-state index contributed by atoms with van der Waals surface area (Å²) in [5, 5.41) is 26.7. The molecule has 0 saturated carbocycles. The van der Waals surface area contributed by atoms with E-state index in [0.29, 0.717) is 67.8 Å². The summed E-state index contributed by atoms with van der Waals surface area (Å²) in [4.78, 5) is 47.6. The molecule has 2 heterocycles. The largest absolute Gasteiger partial charge is 0.469 e. The van der Waals surface area contributed by atoms with E-state index in [9.17, 15) is 29.8 Å². The molecule has 190 valence electrons. The topological polar surface area (TPSA) is 170 Å². The van der Waals surface area contributed by atoms with Gasteiger partial charge in [0.25, 0.3) is 11.6 Å². The zero-order valence-corrected chi connectivity index (χ0v) is 19.8. The number of fused-ring (bicyclic) bond motifs is 1. The van der Waals surface area contributed by atoms with E-state index in [-0.39, 0.29) is 29.2 Å². The van der Waals surface area contributed by atoms with Crippen LogP contribution in [-0.4, -0.2) is 52.5 Å². The number of aryl methyl sites for hydroxylation is 1. The molecule has 1 aliphatic heterocycles. The smallest absolute Gasteiger partial charge is 0.308 e. The van der Waals surface area contributed by atoms with Crippen LogP contribution in [-0.2, 0) is 16.0 Å². The molecule has 2 aliphatic rings. The van der Waals surface area contributed by atoms with Crippen LogP contribution in [0.25, 0.3) is 0 Å². The summed E-state index contributed by atoms with van der Waals surface area (Å²) in [6, 6.07) is 3.27. The number of amides is 1. The molecule has 0 spiro atoms. The number of nitro groups is 2. The van der Waals surface area contributed by atoms with Crippen LogP contribution in [0, 0.1) is 33.1 Å². The van der Waals surface area contributed by atoms with E-state index in [2.05, 4.69) is 10.5 Å². The summed E-state index contributed by atoms with van der Waals surface area (Å²) in [6.45, 7) is 2.59. The normalized spacial score (nSPS) is 16.9. The van der Waals surface area contributed by atoms with Gasteiger partial charge in [-0.1, -0.05) is 0 Å². The van der Waals surface area contributed by atoms with Gasteiger partial charge in [-0.15, -0.1) is 0 Å². The van der Waals surface area contributed by atoms with E-state index >= 15 is 0 Å². The summed E-state index contributed by atoms with van der Waals surface area (Å²) in [6.07, 6.45) is 2.91. The number of nitro benzene ring substituents is 2. The first-order valence-corrected chi connectivity index (χ1v) is 11.5. The van der Waals surface area contributed by atoms with Gasteiger partial charge >= 0.3 is 11.7 Å². The maximum absolute atomic E-state index is 13.2. The van der Waals surface area contributed by atoms with E-state index < -0.39 is 21.2 Å². The van der Waals surface area contributed by atoms with Crippen LogP contribution in [0.15, 0.2) is 27.7 Å². The number of non-ortho nitro benzene ring substituents is 1. The molecule has 1 amide bonds. The number of methoxy groups -OCH3 is 1. The quantitative estimate of drug-likeness (QED) is 0.354. The van der Waals surface area contributed by atoms with Gasteiger partial charge in [0.15, 0.2) is 5.76 Å². The van der Waals surface area contributed by atoms with Crippen molar-refractivity contribution in [1.29, 1.82) is 0 Å². The minimum Gasteiger partial charge on any atom is -0.469 e. The van der Waals surface area contributed by atoms with Crippen LogP contribution < -0.4 is 5.43 Å². The van der Waals surface area contributed by atoms with Crippen molar-refractivity contribution in [2.24, 2.45) is 11.0 Å². The number of piperidine rings is 1. The number of carbonyl (C=O) groups is 2.